The Kier molecular flexibility index (Phi) is 7.45. The van der Waals surface area contributed by atoms with E-state index in [9.17, 15) is 18.8 Å². The van der Waals surface area contributed by atoms with Gasteiger partial charge in [0.05, 0.1) is 0 Å². The fourth-order valence-corrected chi connectivity index (χ4v) is 2.29. The van der Waals surface area contributed by atoms with E-state index in [1.165, 1.54) is 36.4 Å². The maximum absolute atomic E-state index is 12.8. The highest BCUT2D eigenvalue weighted by Crippen LogP contribution is 2.16. The van der Waals surface area contributed by atoms with Gasteiger partial charge in [-0.25, -0.2) is 4.39 Å². The number of hydrogen-bond acceptors (Lipinski definition) is 3. The first-order chi connectivity index (χ1) is 13.3. The third-order valence-corrected chi connectivity index (χ3v) is 3.87. The van der Waals surface area contributed by atoms with Gasteiger partial charge in [0.15, 0.2) is 0 Å². The summed E-state index contributed by atoms with van der Waals surface area (Å²) in [5, 5.41) is 2.77. The number of nitrogens with one attached hydrogen (secondary N) is 3. The van der Waals surface area contributed by atoms with E-state index < -0.39 is 11.8 Å². The van der Waals surface area contributed by atoms with E-state index in [1.807, 2.05) is 32.0 Å². The van der Waals surface area contributed by atoms with E-state index in [1.54, 1.807) is 0 Å². The molecule has 28 heavy (non-hydrogen) atoms. The van der Waals surface area contributed by atoms with E-state index in [-0.39, 0.29) is 24.6 Å². The molecule has 0 bridgehead atoms. The van der Waals surface area contributed by atoms with Crippen LogP contribution in [-0.2, 0) is 14.4 Å². The first-order valence-electron chi connectivity index (χ1n) is 8.73. The largest absolute Gasteiger partial charge is 0.326 e. The lowest BCUT2D eigenvalue weighted by Crippen LogP contribution is -2.41. The molecule has 0 radical (unpaired) electrons. The smallest absolute Gasteiger partial charge is 0.262 e. The summed E-state index contributed by atoms with van der Waals surface area (Å²) < 4.78 is 12.8. The number of halogens is 1. The third kappa shape index (κ3) is 7.03. The standard InChI is InChI=1S/C21H22FN3O3/c1-14-3-4-15(2)18(13-14)23-19(26)11-12-21(28)25-24-20(27)10-7-16-5-8-17(22)9-6-16/h3-10,13H,11-12H2,1-2H3,(H,23,26)(H,24,27)(H,25,28)/b10-7+. The number of hydrazine groups is 1. The Balaban J connectivity index is 1.71. The van der Waals surface area contributed by atoms with Crippen LogP contribution in [0.3, 0.4) is 0 Å². The minimum absolute atomic E-state index is 0.0134. The summed E-state index contributed by atoms with van der Waals surface area (Å²) in [6.45, 7) is 3.81. The zero-order valence-electron chi connectivity index (χ0n) is 15.7. The van der Waals surface area contributed by atoms with Gasteiger partial charge in [0.2, 0.25) is 11.8 Å². The Labute approximate surface area is 162 Å². The van der Waals surface area contributed by atoms with Crippen molar-refractivity contribution in [3.63, 3.8) is 0 Å². The van der Waals surface area contributed by atoms with Crippen LogP contribution in [0.2, 0.25) is 0 Å². The fourth-order valence-electron chi connectivity index (χ4n) is 2.29. The molecular formula is C21H22FN3O3. The molecule has 0 atom stereocenters. The summed E-state index contributed by atoms with van der Waals surface area (Å²) >= 11 is 0. The quantitative estimate of drug-likeness (QED) is 0.529. The van der Waals surface area contributed by atoms with Crippen molar-refractivity contribution < 1.29 is 18.8 Å². The molecule has 2 rings (SSSR count). The van der Waals surface area contributed by atoms with E-state index in [4.69, 9.17) is 0 Å². The summed E-state index contributed by atoms with van der Waals surface area (Å²) in [6, 6.07) is 11.3. The average molecular weight is 383 g/mol. The van der Waals surface area contributed by atoms with E-state index in [0.29, 0.717) is 11.3 Å². The van der Waals surface area contributed by atoms with Gasteiger partial charge >= 0.3 is 0 Å². The van der Waals surface area contributed by atoms with Crippen molar-refractivity contribution in [3.05, 3.63) is 71.0 Å². The molecular weight excluding hydrogens is 361 g/mol. The van der Waals surface area contributed by atoms with Crippen LogP contribution in [0.1, 0.15) is 29.5 Å². The number of carbonyl (C=O) groups excluding carboxylic acids is 3. The van der Waals surface area contributed by atoms with Gasteiger partial charge in [-0.05, 0) is 54.8 Å². The van der Waals surface area contributed by atoms with Gasteiger partial charge < -0.3 is 5.32 Å². The topological polar surface area (TPSA) is 87.3 Å². The van der Waals surface area contributed by atoms with Crippen LogP contribution in [0.15, 0.2) is 48.5 Å². The Bertz CT molecular complexity index is 892. The number of benzene rings is 2. The van der Waals surface area contributed by atoms with E-state index in [0.717, 1.165) is 11.1 Å². The molecule has 0 spiro atoms. The third-order valence-electron chi connectivity index (χ3n) is 3.87. The molecule has 2 aromatic carbocycles. The van der Waals surface area contributed by atoms with E-state index in [2.05, 4.69) is 16.2 Å². The highest BCUT2D eigenvalue weighted by atomic mass is 19.1. The number of carbonyl (C=O) groups is 3. The van der Waals surface area contributed by atoms with Gasteiger partial charge in [-0.3, -0.25) is 25.2 Å². The number of aryl methyl sites for hydroxylation is 2. The normalized spacial score (nSPS) is 10.5. The highest BCUT2D eigenvalue weighted by molar-refractivity contribution is 5.95. The second-order valence-corrected chi connectivity index (χ2v) is 6.29. The van der Waals surface area contributed by atoms with Gasteiger partial charge in [-0.1, -0.05) is 24.3 Å². The van der Waals surface area contributed by atoms with Crippen LogP contribution >= 0.6 is 0 Å². The van der Waals surface area contributed by atoms with Gasteiger partial charge in [0.25, 0.3) is 5.91 Å². The lowest BCUT2D eigenvalue weighted by molar-refractivity contribution is -0.128. The van der Waals surface area contributed by atoms with Gasteiger partial charge in [-0.15, -0.1) is 0 Å². The van der Waals surface area contributed by atoms with Crippen molar-refractivity contribution in [2.45, 2.75) is 26.7 Å². The van der Waals surface area contributed by atoms with Gasteiger partial charge in [0, 0.05) is 24.6 Å². The second kappa shape index (κ2) is 10.0. The first kappa shape index (κ1) is 20.8. The molecule has 0 aliphatic rings. The summed E-state index contributed by atoms with van der Waals surface area (Å²) in [4.78, 5) is 35.4. The summed E-state index contributed by atoms with van der Waals surface area (Å²) in [5.41, 5.74) is 7.77. The lowest BCUT2D eigenvalue weighted by atomic mass is 10.1. The van der Waals surface area contributed by atoms with Crippen LogP contribution < -0.4 is 16.2 Å². The maximum Gasteiger partial charge on any atom is 0.262 e. The zero-order chi connectivity index (χ0) is 20.5. The molecule has 0 saturated heterocycles. The van der Waals surface area contributed by atoms with Crippen molar-refractivity contribution in [1.82, 2.24) is 10.9 Å². The zero-order valence-corrected chi connectivity index (χ0v) is 15.7. The maximum atomic E-state index is 12.8. The average Bonchev–Trinajstić information content (AvgIpc) is 2.67. The van der Waals surface area contributed by atoms with Crippen molar-refractivity contribution >= 4 is 29.5 Å². The predicted octanol–water partition coefficient (Wildman–Crippen LogP) is 3.02. The lowest BCUT2D eigenvalue weighted by Gasteiger charge is -2.09. The molecule has 7 heteroatoms. The molecule has 3 N–H and O–H groups in total. The monoisotopic (exact) mass is 383 g/mol. The fraction of sp³-hybridized carbons (Fsp3) is 0.190. The van der Waals surface area contributed by atoms with Gasteiger partial charge in [0.1, 0.15) is 5.82 Å². The molecule has 0 fully saturated rings. The van der Waals surface area contributed by atoms with Crippen LogP contribution in [0.5, 0.6) is 0 Å². The first-order valence-corrected chi connectivity index (χ1v) is 8.73. The minimum atomic E-state index is -0.544. The van der Waals surface area contributed by atoms with Crippen LogP contribution in [-0.4, -0.2) is 17.7 Å². The molecule has 3 amide bonds. The summed E-state index contributed by atoms with van der Waals surface area (Å²) in [5.74, 6) is -1.68. The Hall–Kier alpha value is -3.48. The van der Waals surface area contributed by atoms with Crippen molar-refractivity contribution in [1.29, 1.82) is 0 Å². The number of amides is 3. The molecule has 0 unspecified atom stereocenters. The second-order valence-electron chi connectivity index (χ2n) is 6.29. The number of hydrogen-bond donors (Lipinski definition) is 3. The Morgan fingerprint density at radius 2 is 1.61 bits per heavy atom. The van der Waals surface area contributed by atoms with Gasteiger partial charge in [-0.2, -0.15) is 0 Å². The Morgan fingerprint density at radius 3 is 2.32 bits per heavy atom. The van der Waals surface area contributed by atoms with Crippen LogP contribution in [0.4, 0.5) is 10.1 Å². The SMILES string of the molecule is Cc1ccc(C)c(NC(=O)CCC(=O)NNC(=O)/C=C/c2ccc(F)cc2)c1. The summed E-state index contributed by atoms with van der Waals surface area (Å²) in [7, 11) is 0. The predicted molar refractivity (Wildman–Crippen MR) is 105 cm³/mol. The molecule has 0 aliphatic heterocycles. The molecule has 2 aromatic rings. The van der Waals surface area contributed by atoms with Crippen LogP contribution in [0.25, 0.3) is 6.08 Å². The Morgan fingerprint density at radius 1 is 0.929 bits per heavy atom. The number of rotatable bonds is 6. The van der Waals surface area contributed by atoms with Crippen molar-refractivity contribution in [2.75, 3.05) is 5.32 Å². The minimum Gasteiger partial charge on any atom is -0.326 e. The van der Waals surface area contributed by atoms with Crippen molar-refractivity contribution in [3.8, 4) is 0 Å². The number of anilines is 1. The van der Waals surface area contributed by atoms with E-state index >= 15 is 0 Å². The molecule has 6 nitrogen and oxygen atoms in total. The molecule has 0 aliphatic carbocycles. The summed E-state index contributed by atoms with van der Waals surface area (Å²) in [6.07, 6.45) is 2.61. The molecule has 146 valence electrons. The molecule has 0 heterocycles. The molecule has 0 saturated carbocycles. The highest BCUT2D eigenvalue weighted by Gasteiger charge is 2.09. The molecule has 0 aromatic heterocycles. The van der Waals surface area contributed by atoms with Crippen molar-refractivity contribution in [2.24, 2.45) is 0 Å². The van der Waals surface area contributed by atoms with Crippen LogP contribution in [0, 0.1) is 19.7 Å².